The monoisotopic (exact) mass is 429 g/mol. The van der Waals surface area contributed by atoms with Crippen LogP contribution in [-0.4, -0.2) is 43.3 Å². The summed E-state index contributed by atoms with van der Waals surface area (Å²) in [6, 6.07) is 11.1. The summed E-state index contributed by atoms with van der Waals surface area (Å²) in [5, 5.41) is 11.5. The molecule has 3 rings (SSSR count). The van der Waals surface area contributed by atoms with Crippen LogP contribution in [0, 0.1) is 0 Å². The summed E-state index contributed by atoms with van der Waals surface area (Å²) in [6.45, 7) is 5.07. The van der Waals surface area contributed by atoms with Crippen molar-refractivity contribution in [1.29, 1.82) is 0 Å². The van der Waals surface area contributed by atoms with Gasteiger partial charge in [0, 0.05) is 23.2 Å². The normalized spacial score (nSPS) is 11.2. The van der Waals surface area contributed by atoms with Crippen LogP contribution < -0.4 is 4.74 Å². The van der Waals surface area contributed by atoms with Crippen LogP contribution in [0.1, 0.15) is 35.3 Å². The summed E-state index contributed by atoms with van der Waals surface area (Å²) in [5.41, 5.74) is 2.66. The van der Waals surface area contributed by atoms with Gasteiger partial charge < -0.3 is 23.9 Å². The topological polar surface area (TPSA) is 72.1 Å². The Morgan fingerprint density at radius 1 is 1.10 bits per heavy atom. The number of ether oxygens (including phenoxy) is 2. The average Bonchev–Trinajstić information content (AvgIpc) is 3.09. The molecule has 7 heteroatoms. The van der Waals surface area contributed by atoms with Crippen LogP contribution in [-0.2, 0) is 17.0 Å². The summed E-state index contributed by atoms with van der Waals surface area (Å²) in [4.78, 5) is 14.7. The highest BCUT2D eigenvalue weighted by Gasteiger charge is 2.26. The number of rotatable bonds is 9. The molecular formula is C23H27NO5S. The van der Waals surface area contributed by atoms with Gasteiger partial charge in [0.1, 0.15) is 22.6 Å². The summed E-state index contributed by atoms with van der Waals surface area (Å²) in [6.07, 6.45) is 0. The Morgan fingerprint density at radius 2 is 1.83 bits per heavy atom. The molecule has 160 valence electrons. The van der Waals surface area contributed by atoms with Crippen molar-refractivity contribution in [2.45, 2.75) is 31.2 Å². The first kappa shape index (κ1) is 22.1. The smallest absolute Gasteiger partial charge is 0.343 e. The van der Waals surface area contributed by atoms with E-state index in [1.807, 2.05) is 50.2 Å². The van der Waals surface area contributed by atoms with E-state index in [0.717, 1.165) is 11.3 Å². The fourth-order valence-electron chi connectivity index (χ4n) is 3.19. The van der Waals surface area contributed by atoms with E-state index in [1.165, 1.54) is 11.8 Å². The molecule has 0 amide bonds. The zero-order chi connectivity index (χ0) is 21.7. The first-order valence-electron chi connectivity index (χ1n) is 9.88. The lowest BCUT2D eigenvalue weighted by Crippen LogP contribution is -2.12. The number of fused-ring (bicyclic) bond motifs is 1. The van der Waals surface area contributed by atoms with E-state index < -0.39 is 5.97 Å². The Morgan fingerprint density at radius 3 is 2.47 bits per heavy atom. The number of thioether (sulfide) groups is 1. The van der Waals surface area contributed by atoms with Crippen molar-refractivity contribution in [2.24, 2.45) is 0 Å². The molecule has 1 heterocycles. The van der Waals surface area contributed by atoms with Crippen molar-refractivity contribution < 1.29 is 23.8 Å². The quantitative estimate of drug-likeness (QED) is 0.376. The zero-order valence-electron chi connectivity index (χ0n) is 17.7. The summed E-state index contributed by atoms with van der Waals surface area (Å²) >= 11 is 1.43. The third-order valence-corrected chi connectivity index (χ3v) is 5.49. The second kappa shape index (κ2) is 9.91. The highest BCUT2D eigenvalue weighted by Crippen LogP contribution is 2.40. The molecule has 2 aromatic carbocycles. The van der Waals surface area contributed by atoms with Crippen molar-refractivity contribution in [1.82, 2.24) is 4.90 Å². The molecule has 6 nitrogen and oxygen atoms in total. The number of furan rings is 1. The van der Waals surface area contributed by atoms with Crippen LogP contribution in [0.2, 0.25) is 0 Å². The van der Waals surface area contributed by atoms with Gasteiger partial charge in [-0.25, -0.2) is 4.79 Å². The van der Waals surface area contributed by atoms with Gasteiger partial charge in [-0.2, -0.15) is 0 Å². The highest BCUT2D eigenvalue weighted by molar-refractivity contribution is 7.98. The van der Waals surface area contributed by atoms with Crippen LogP contribution in [0.3, 0.4) is 0 Å². The number of aromatic hydroxyl groups is 1. The van der Waals surface area contributed by atoms with E-state index in [-0.39, 0.29) is 12.4 Å². The Bertz CT molecular complexity index is 1010. The lowest BCUT2D eigenvalue weighted by Gasteiger charge is -2.13. The van der Waals surface area contributed by atoms with Gasteiger partial charge in [0.15, 0.2) is 5.09 Å². The van der Waals surface area contributed by atoms with Crippen molar-refractivity contribution >= 4 is 28.7 Å². The number of hydrogen-bond donors (Lipinski definition) is 1. The Kier molecular flexibility index (Phi) is 7.29. The van der Waals surface area contributed by atoms with Crippen molar-refractivity contribution in [3.8, 4) is 11.5 Å². The maximum absolute atomic E-state index is 12.8. The third-order valence-electron chi connectivity index (χ3n) is 4.46. The minimum absolute atomic E-state index is 0.130. The predicted molar refractivity (Wildman–Crippen MR) is 118 cm³/mol. The standard InChI is InChI=1S/C23H27NO5S/c1-5-27-16-9-7-15(8-10-16)14-30-23-21(22(26)28-6-2)20-17(13-24(3)4)18(25)11-12-19(20)29-23/h7-12,25H,5-6,13-14H2,1-4H3. The fourth-order valence-corrected chi connectivity index (χ4v) is 4.16. The average molecular weight is 430 g/mol. The Hall–Kier alpha value is -2.64. The molecule has 3 aromatic rings. The molecule has 0 bridgehead atoms. The van der Waals surface area contributed by atoms with Crippen LogP contribution in [0.25, 0.3) is 11.0 Å². The fraction of sp³-hybridized carbons (Fsp3) is 0.348. The van der Waals surface area contributed by atoms with Gasteiger partial charge in [-0.15, -0.1) is 0 Å². The molecule has 0 atom stereocenters. The van der Waals surface area contributed by atoms with E-state index in [0.29, 0.717) is 46.1 Å². The van der Waals surface area contributed by atoms with Crippen molar-refractivity contribution in [3.63, 3.8) is 0 Å². The lowest BCUT2D eigenvalue weighted by atomic mass is 10.0. The van der Waals surface area contributed by atoms with E-state index in [4.69, 9.17) is 13.9 Å². The molecule has 0 radical (unpaired) electrons. The van der Waals surface area contributed by atoms with E-state index >= 15 is 0 Å². The first-order valence-corrected chi connectivity index (χ1v) is 10.9. The molecule has 0 fully saturated rings. The molecule has 0 spiro atoms. The molecule has 1 aromatic heterocycles. The maximum atomic E-state index is 12.8. The third kappa shape index (κ3) is 4.91. The van der Waals surface area contributed by atoms with Gasteiger partial charge in [0.2, 0.25) is 0 Å². The summed E-state index contributed by atoms with van der Waals surface area (Å²) in [5.74, 6) is 1.13. The molecule has 0 aliphatic heterocycles. The van der Waals surface area contributed by atoms with Gasteiger partial charge in [-0.05, 0) is 57.8 Å². The number of nitrogens with zero attached hydrogens (tertiary/aromatic N) is 1. The molecule has 0 aliphatic rings. The summed E-state index contributed by atoms with van der Waals surface area (Å²) < 4.78 is 16.8. The molecule has 0 saturated heterocycles. The highest BCUT2D eigenvalue weighted by atomic mass is 32.2. The minimum atomic E-state index is -0.448. The van der Waals surface area contributed by atoms with Crippen LogP contribution in [0.5, 0.6) is 11.5 Å². The molecule has 1 N–H and O–H groups in total. The number of carbonyl (C=O) groups is 1. The van der Waals surface area contributed by atoms with E-state index in [9.17, 15) is 9.90 Å². The predicted octanol–water partition coefficient (Wildman–Crippen LogP) is 5.07. The Labute approximate surface area is 180 Å². The van der Waals surface area contributed by atoms with Crippen molar-refractivity contribution in [2.75, 3.05) is 27.3 Å². The summed E-state index contributed by atoms with van der Waals surface area (Å²) in [7, 11) is 3.81. The molecular weight excluding hydrogens is 402 g/mol. The SMILES string of the molecule is CCOC(=O)c1c(SCc2ccc(OCC)cc2)oc2ccc(O)c(CN(C)C)c12. The van der Waals surface area contributed by atoms with Crippen LogP contribution in [0.15, 0.2) is 45.9 Å². The number of esters is 1. The zero-order valence-corrected chi connectivity index (χ0v) is 18.5. The molecule has 30 heavy (non-hydrogen) atoms. The minimum Gasteiger partial charge on any atom is -0.508 e. The van der Waals surface area contributed by atoms with Crippen molar-refractivity contribution in [3.05, 3.63) is 53.1 Å². The van der Waals surface area contributed by atoms with Gasteiger partial charge in [-0.3, -0.25) is 0 Å². The van der Waals surface area contributed by atoms with E-state index in [2.05, 4.69) is 0 Å². The van der Waals surface area contributed by atoms with Gasteiger partial charge >= 0.3 is 5.97 Å². The van der Waals surface area contributed by atoms with E-state index in [1.54, 1.807) is 19.1 Å². The largest absolute Gasteiger partial charge is 0.508 e. The Balaban J connectivity index is 1.98. The molecule has 0 unspecified atom stereocenters. The number of hydrogen-bond acceptors (Lipinski definition) is 7. The lowest BCUT2D eigenvalue weighted by molar-refractivity contribution is 0.0521. The second-order valence-corrected chi connectivity index (χ2v) is 7.97. The maximum Gasteiger partial charge on any atom is 0.343 e. The molecule has 0 aliphatic carbocycles. The number of benzene rings is 2. The van der Waals surface area contributed by atoms with Gasteiger partial charge in [0.25, 0.3) is 0 Å². The van der Waals surface area contributed by atoms with Gasteiger partial charge in [0.05, 0.1) is 13.2 Å². The van der Waals surface area contributed by atoms with Gasteiger partial charge in [-0.1, -0.05) is 23.9 Å². The molecule has 0 saturated carbocycles. The van der Waals surface area contributed by atoms with Crippen LogP contribution in [0.4, 0.5) is 0 Å². The second-order valence-electron chi connectivity index (χ2n) is 7.02. The first-order chi connectivity index (χ1) is 14.4. The number of phenols is 1. The number of phenolic OH excluding ortho intramolecular Hbond substituents is 1. The van der Waals surface area contributed by atoms with Crippen LogP contribution >= 0.6 is 11.8 Å². The number of carbonyl (C=O) groups excluding carboxylic acids is 1.